The second-order valence-corrected chi connectivity index (χ2v) is 3.59. The third-order valence-corrected chi connectivity index (χ3v) is 2.61. The molecule has 0 bridgehead atoms. The number of nitrogens with two attached hydrogens (primary N) is 1. The van der Waals surface area contributed by atoms with Crippen LogP contribution in [0.5, 0.6) is 5.75 Å². The summed E-state index contributed by atoms with van der Waals surface area (Å²) in [5.74, 6) is 1.44. The van der Waals surface area contributed by atoms with Gasteiger partial charge in [0.15, 0.2) is 5.75 Å². The lowest BCUT2D eigenvalue weighted by atomic mass is 10.1. The molecule has 1 saturated carbocycles. The van der Waals surface area contributed by atoms with Crippen LogP contribution in [0.2, 0.25) is 0 Å². The molecule has 1 fully saturated rings. The van der Waals surface area contributed by atoms with E-state index in [1.165, 1.54) is 12.8 Å². The summed E-state index contributed by atoms with van der Waals surface area (Å²) in [6, 6.07) is 0.0856. The predicted molar refractivity (Wildman–Crippen MR) is 49.4 cm³/mol. The molecule has 1 aromatic heterocycles. The van der Waals surface area contributed by atoms with Gasteiger partial charge in [-0.15, -0.1) is 0 Å². The Hall–Kier alpha value is -1.03. The lowest BCUT2D eigenvalue weighted by molar-refractivity contribution is 0.399. The number of aryl methyl sites for hydroxylation is 1. The highest BCUT2D eigenvalue weighted by molar-refractivity contribution is 5.29. The number of rotatable bonds is 3. The van der Waals surface area contributed by atoms with Crippen molar-refractivity contribution in [2.75, 3.05) is 7.11 Å². The lowest BCUT2D eigenvalue weighted by Crippen LogP contribution is -2.17. The average molecular weight is 181 g/mol. The molecule has 72 valence electrons. The second-order valence-electron chi connectivity index (χ2n) is 3.59. The molecule has 2 rings (SSSR count). The van der Waals surface area contributed by atoms with Crippen LogP contribution in [-0.4, -0.2) is 16.9 Å². The van der Waals surface area contributed by atoms with Gasteiger partial charge in [0.1, 0.15) is 0 Å². The summed E-state index contributed by atoms with van der Waals surface area (Å²) in [6.45, 7) is 0. The van der Waals surface area contributed by atoms with Crippen molar-refractivity contribution in [1.29, 1.82) is 0 Å². The summed E-state index contributed by atoms with van der Waals surface area (Å²) in [4.78, 5) is 0. The van der Waals surface area contributed by atoms with Gasteiger partial charge in [-0.05, 0) is 18.8 Å². The minimum Gasteiger partial charge on any atom is -0.493 e. The molecule has 1 heterocycles. The highest BCUT2D eigenvalue weighted by atomic mass is 16.5. The van der Waals surface area contributed by atoms with Crippen LogP contribution in [0, 0.1) is 5.92 Å². The minimum atomic E-state index is 0.0856. The molecule has 0 spiro atoms. The highest BCUT2D eigenvalue weighted by Gasteiger charge is 2.33. The van der Waals surface area contributed by atoms with Gasteiger partial charge in [-0.1, -0.05) is 0 Å². The van der Waals surface area contributed by atoms with E-state index in [9.17, 15) is 0 Å². The van der Waals surface area contributed by atoms with Crippen LogP contribution in [0.3, 0.4) is 0 Å². The first kappa shape index (κ1) is 8.56. The summed E-state index contributed by atoms with van der Waals surface area (Å²) in [5.41, 5.74) is 7.10. The molecule has 1 aliphatic carbocycles. The Bertz CT molecular complexity index is 304. The van der Waals surface area contributed by atoms with Crippen LogP contribution in [0.25, 0.3) is 0 Å². The highest BCUT2D eigenvalue weighted by Crippen LogP contribution is 2.41. The average Bonchev–Trinajstić information content (AvgIpc) is 2.89. The van der Waals surface area contributed by atoms with Gasteiger partial charge in [-0.25, -0.2) is 0 Å². The molecule has 0 aromatic carbocycles. The zero-order valence-corrected chi connectivity index (χ0v) is 8.03. The molecule has 2 N–H and O–H groups in total. The van der Waals surface area contributed by atoms with E-state index in [2.05, 4.69) is 5.10 Å². The van der Waals surface area contributed by atoms with Crippen LogP contribution in [0.15, 0.2) is 6.20 Å². The Balaban J connectivity index is 2.29. The summed E-state index contributed by atoms with van der Waals surface area (Å²) < 4.78 is 7.01. The van der Waals surface area contributed by atoms with Crippen molar-refractivity contribution in [1.82, 2.24) is 9.78 Å². The maximum Gasteiger partial charge on any atom is 0.161 e. The van der Waals surface area contributed by atoms with Gasteiger partial charge in [0, 0.05) is 7.05 Å². The number of hydrogen-bond donors (Lipinski definition) is 1. The summed E-state index contributed by atoms with van der Waals surface area (Å²) in [7, 11) is 3.56. The Morgan fingerprint density at radius 3 is 2.92 bits per heavy atom. The Morgan fingerprint density at radius 2 is 2.38 bits per heavy atom. The van der Waals surface area contributed by atoms with Gasteiger partial charge in [0.2, 0.25) is 0 Å². The van der Waals surface area contributed by atoms with E-state index in [0.717, 1.165) is 11.4 Å². The molecular weight excluding hydrogens is 166 g/mol. The monoisotopic (exact) mass is 181 g/mol. The number of aromatic nitrogens is 2. The molecule has 0 radical (unpaired) electrons. The standard InChI is InChI=1S/C9H15N3O/c1-12-9(7(13-2)5-11-12)8(10)6-3-4-6/h5-6,8H,3-4,10H2,1-2H3. The Labute approximate surface area is 77.7 Å². The van der Waals surface area contributed by atoms with E-state index in [0.29, 0.717) is 5.92 Å². The lowest BCUT2D eigenvalue weighted by Gasteiger charge is -2.12. The largest absolute Gasteiger partial charge is 0.493 e. The first-order chi connectivity index (χ1) is 6.24. The van der Waals surface area contributed by atoms with E-state index in [1.54, 1.807) is 13.3 Å². The topological polar surface area (TPSA) is 53.1 Å². The van der Waals surface area contributed by atoms with Crippen molar-refractivity contribution in [3.05, 3.63) is 11.9 Å². The first-order valence-electron chi connectivity index (χ1n) is 4.55. The fourth-order valence-corrected chi connectivity index (χ4v) is 1.64. The number of ether oxygens (including phenoxy) is 1. The van der Waals surface area contributed by atoms with Crippen molar-refractivity contribution in [2.24, 2.45) is 18.7 Å². The normalized spacial score (nSPS) is 18.7. The van der Waals surface area contributed by atoms with Gasteiger partial charge >= 0.3 is 0 Å². The minimum absolute atomic E-state index is 0.0856. The van der Waals surface area contributed by atoms with Crippen LogP contribution in [0.1, 0.15) is 24.6 Å². The van der Waals surface area contributed by atoms with Crippen molar-refractivity contribution in [2.45, 2.75) is 18.9 Å². The van der Waals surface area contributed by atoms with E-state index in [1.807, 2.05) is 11.7 Å². The smallest absolute Gasteiger partial charge is 0.161 e. The summed E-state index contributed by atoms with van der Waals surface area (Å²) in [6.07, 6.45) is 4.18. The van der Waals surface area contributed by atoms with Crippen LogP contribution in [-0.2, 0) is 7.05 Å². The number of hydrogen-bond acceptors (Lipinski definition) is 3. The molecule has 4 nitrogen and oxygen atoms in total. The van der Waals surface area contributed by atoms with E-state index in [4.69, 9.17) is 10.5 Å². The van der Waals surface area contributed by atoms with E-state index in [-0.39, 0.29) is 6.04 Å². The fraction of sp³-hybridized carbons (Fsp3) is 0.667. The van der Waals surface area contributed by atoms with E-state index < -0.39 is 0 Å². The quantitative estimate of drug-likeness (QED) is 0.751. The van der Waals surface area contributed by atoms with Gasteiger partial charge in [0.25, 0.3) is 0 Å². The number of methoxy groups -OCH3 is 1. The molecule has 0 saturated heterocycles. The van der Waals surface area contributed by atoms with Gasteiger partial charge < -0.3 is 10.5 Å². The summed E-state index contributed by atoms with van der Waals surface area (Å²) >= 11 is 0. The predicted octanol–water partition coefficient (Wildman–Crippen LogP) is 0.839. The maximum absolute atomic E-state index is 6.08. The molecule has 1 aliphatic rings. The zero-order valence-electron chi connectivity index (χ0n) is 8.03. The van der Waals surface area contributed by atoms with Crippen LogP contribution < -0.4 is 10.5 Å². The zero-order chi connectivity index (χ0) is 9.42. The van der Waals surface area contributed by atoms with Crippen molar-refractivity contribution >= 4 is 0 Å². The maximum atomic E-state index is 6.08. The Kier molecular flexibility index (Phi) is 2.00. The van der Waals surface area contributed by atoms with Crippen molar-refractivity contribution in [3.8, 4) is 5.75 Å². The van der Waals surface area contributed by atoms with Gasteiger partial charge in [-0.2, -0.15) is 5.10 Å². The van der Waals surface area contributed by atoms with Gasteiger partial charge in [-0.3, -0.25) is 4.68 Å². The molecule has 0 amide bonds. The van der Waals surface area contributed by atoms with E-state index >= 15 is 0 Å². The fourth-order valence-electron chi connectivity index (χ4n) is 1.64. The second kappa shape index (κ2) is 3.03. The molecule has 1 atom stereocenters. The molecule has 4 heteroatoms. The first-order valence-corrected chi connectivity index (χ1v) is 4.55. The van der Waals surface area contributed by atoms with Crippen LogP contribution in [0.4, 0.5) is 0 Å². The third-order valence-electron chi connectivity index (χ3n) is 2.61. The molecule has 1 aromatic rings. The summed E-state index contributed by atoms with van der Waals surface area (Å²) in [5, 5.41) is 4.13. The van der Waals surface area contributed by atoms with Crippen LogP contribution >= 0.6 is 0 Å². The van der Waals surface area contributed by atoms with Crippen molar-refractivity contribution in [3.63, 3.8) is 0 Å². The van der Waals surface area contributed by atoms with Crippen molar-refractivity contribution < 1.29 is 4.74 Å². The SMILES string of the molecule is COc1cnn(C)c1C(N)C1CC1. The molecule has 1 unspecified atom stereocenters. The van der Waals surface area contributed by atoms with Gasteiger partial charge in [0.05, 0.1) is 25.0 Å². The molecule has 0 aliphatic heterocycles. The molecule has 13 heavy (non-hydrogen) atoms. The number of nitrogens with zero attached hydrogens (tertiary/aromatic N) is 2. The third kappa shape index (κ3) is 1.42. The Morgan fingerprint density at radius 1 is 1.69 bits per heavy atom. The molecular formula is C9H15N3O.